The summed E-state index contributed by atoms with van der Waals surface area (Å²) in [6.07, 6.45) is 2.15. The second-order valence-electron chi connectivity index (χ2n) is 3.14. The number of ether oxygens (including phenoxy) is 1. The topological polar surface area (TPSA) is 41.5 Å². The summed E-state index contributed by atoms with van der Waals surface area (Å²) in [5.41, 5.74) is 0. The van der Waals surface area contributed by atoms with Gasteiger partial charge >= 0.3 is 0 Å². The Hall–Kier alpha value is -0.120. The molecule has 1 fully saturated rings. The summed E-state index contributed by atoms with van der Waals surface area (Å²) in [4.78, 5) is 0. The standard InChI is InChI=1S/C8H17NO2/c1-7(6-10)9-8-2-4-11-5-3-8/h7-10H,2-6H2,1H3/t7-/m1/s1. The van der Waals surface area contributed by atoms with Gasteiger partial charge in [-0.1, -0.05) is 0 Å². The first kappa shape index (κ1) is 8.97. The molecular formula is C8H17NO2. The number of hydrogen-bond acceptors (Lipinski definition) is 3. The molecule has 0 unspecified atom stereocenters. The van der Waals surface area contributed by atoms with Crippen LogP contribution in [-0.4, -0.2) is 37.0 Å². The smallest absolute Gasteiger partial charge is 0.0582 e. The van der Waals surface area contributed by atoms with E-state index in [9.17, 15) is 0 Å². The minimum Gasteiger partial charge on any atom is -0.395 e. The van der Waals surface area contributed by atoms with E-state index >= 15 is 0 Å². The molecule has 0 aromatic heterocycles. The van der Waals surface area contributed by atoms with Crippen molar-refractivity contribution in [3.05, 3.63) is 0 Å². The largest absolute Gasteiger partial charge is 0.395 e. The van der Waals surface area contributed by atoms with Crippen LogP contribution in [0.5, 0.6) is 0 Å². The maximum absolute atomic E-state index is 8.77. The summed E-state index contributed by atoms with van der Waals surface area (Å²) in [6, 6.07) is 0.768. The average Bonchev–Trinajstić information content (AvgIpc) is 2.06. The molecule has 0 spiro atoms. The summed E-state index contributed by atoms with van der Waals surface area (Å²) in [5, 5.41) is 12.1. The van der Waals surface area contributed by atoms with Gasteiger partial charge in [-0.25, -0.2) is 0 Å². The molecule has 66 valence electrons. The number of nitrogens with one attached hydrogen (secondary N) is 1. The van der Waals surface area contributed by atoms with Crippen molar-refractivity contribution < 1.29 is 9.84 Å². The van der Waals surface area contributed by atoms with E-state index in [-0.39, 0.29) is 12.6 Å². The summed E-state index contributed by atoms with van der Waals surface area (Å²) in [7, 11) is 0. The molecule has 1 rings (SSSR count). The normalized spacial score (nSPS) is 23.5. The van der Waals surface area contributed by atoms with E-state index in [1.807, 2.05) is 6.92 Å². The van der Waals surface area contributed by atoms with Gasteiger partial charge < -0.3 is 15.2 Å². The third-order valence-corrected chi connectivity index (χ3v) is 2.02. The van der Waals surface area contributed by atoms with Crippen LogP contribution in [0, 0.1) is 0 Å². The Morgan fingerprint density at radius 2 is 2.18 bits per heavy atom. The van der Waals surface area contributed by atoms with Gasteiger partial charge in [-0.05, 0) is 19.8 Å². The van der Waals surface area contributed by atoms with Gasteiger partial charge in [-0.15, -0.1) is 0 Å². The van der Waals surface area contributed by atoms with Gasteiger partial charge in [0.15, 0.2) is 0 Å². The van der Waals surface area contributed by atoms with Crippen molar-refractivity contribution in [2.45, 2.75) is 31.8 Å². The first-order chi connectivity index (χ1) is 5.33. The van der Waals surface area contributed by atoms with Crippen molar-refractivity contribution in [3.63, 3.8) is 0 Å². The summed E-state index contributed by atoms with van der Waals surface area (Å²) in [5.74, 6) is 0. The predicted octanol–water partition coefficient (Wildman–Crippen LogP) is 0.136. The molecule has 0 radical (unpaired) electrons. The van der Waals surface area contributed by atoms with E-state index in [1.165, 1.54) is 0 Å². The molecule has 1 aliphatic rings. The molecule has 0 aromatic rings. The van der Waals surface area contributed by atoms with Crippen LogP contribution < -0.4 is 5.32 Å². The van der Waals surface area contributed by atoms with Gasteiger partial charge in [0.25, 0.3) is 0 Å². The van der Waals surface area contributed by atoms with Crippen LogP contribution in [0.1, 0.15) is 19.8 Å². The highest BCUT2D eigenvalue weighted by Crippen LogP contribution is 2.06. The monoisotopic (exact) mass is 159 g/mol. The number of aliphatic hydroxyl groups is 1. The van der Waals surface area contributed by atoms with E-state index in [0.29, 0.717) is 6.04 Å². The van der Waals surface area contributed by atoms with Gasteiger partial charge in [-0.2, -0.15) is 0 Å². The molecule has 11 heavy (non-hydrogen) atoms. The minimum atomic E-state index is 0.220. The van der Waals surface area contributed by atoms with Crippen LogP contribution in [0.3, 0.4) is 0 Å². The molecule has 2 N–H and O–H groups in total. The quantitative estimate of drug-likeness (QED) is 0.615. The first-order valence-corrected chi connectivity index (χ1v) is 4.27. The number of rotatable bonds is 3. The van der Waals surface area contributed by atoms with Crippen LogP contribution in [0.25, 0.3) is 0 Å². The second kappa shape index (κ2) is 4.70. The third-order valence-electron chi connectivity index (χ3n) is 2.02. The zero-order chi connectivity index (χ0) is 8.10. The van der Waals surface area contributed by atoms with E-state index in [0.717, 1.165) is 26.1 Å². The van der Waals surface area contributed by atoms with Gasteiger partial charge in [0.1, 0.15) is 0 Å². The van der Waals surface area contributed by atoms with Crippen LogP contribution in [0.4, 0.5) is 0 Å². The molecule has 0 bridgehead atoms. The lowest BCUT2D eigenvalue weighted by molar-refractivity contribution is 0.0725. The molecule has 0 saturated carbocycles. The van der Waals surface area contributed by atoms with Crippen molar-refractivity contribution in [2.75, 3.05) is 19.8 Å². The fourth-order valence-electron chi connectivity index (χ4n) is 1.32. The second-order valence-corrected chi connectivity index (χ2v) is 3.14. The van der Waals surface area contributed by atoms with E-state index in [4.69, 9.17) is 9.84 Å². The van der Waals surface area contributed by atoms with Crippen molar-refractivity contribution in [2.24, 2.45) is 0 Å². The maximum atomic E-state index is 8.77. The van der Waals surface area contributed by atoms with Crippen molar-refractivity contribution in [3.8, 4) is 0 Å². The fraction of sp³-hybridized carbons (Fsp3) is 1.00. The number of hydrogen-bond donors (Lipinski definition) is 2. The van der Waals surface area contributed by atoms with Crippen LogP contribution >= 0.6 is 0 Å². The highest BCUT2D eigenvalue weighted by atomic mass is 16.5. The summed E-state index contributed by atoms with van der Waals surface area (Å²) in [6.45, 7) is 3.93. The van der Waals surface area contributed by atoms with Crippen LogP contribution in [0.2, 0.25) is 0 Å². The zero-order valence-corrected chi connectivity index (χ0v) is 7.05. The Balaban J connectivity index is 2.13. The highest BCUT2D eigenvalue weighted by molar-refractivity contribution is 4.73. The average molecular weight is 159 g/mol. The van der Waals surface area contributed by atoms with Gasteiger partial charge in [-0.3, -0.25) is 0 Å². The Bertz CT molecular complexity index is 102. The zero-order valence-electron chi connectivity index (χ0n) is 7.05. The van der Waals surface area contributed by atoms with Gasteiger partial charge in [0.05, 0.1) is 6.61 Å². The summed E-state index contributed by atoms with van der Waals surface area (Å²) >= 11 is 0. The first-order valence-electron chi connectivity index (χ1n) is 4.27. The summed E-state index contributed by atoms with van der Waals surface area (Å²) < 4.78 is 5.21. The predicted molar refractivity (Wildman–Crippen MR) is 43.5 cm³/mol. The van der Waals surface area contributed by atoms with Crippen molar-refractivity contribution in [1.29, 1.82) is 0 Å². The molecule has 1 saturated heterocycles. The SMILES string of the molecule is C[C@H](CO)NC1CCOCC1. The Morgan fingerprint density at radius 1 is 1.55 bits per heavy atom. The minimum absolute atomic E-state index is 0.220. The maximum Gasteiger partial charge on any atom is 0.0582 e. The molecule has 1 heterocycles. The van der Waals surface area contributed by atoms with Crippen LogP contribution in [-0.2, 0) is 4.74 Å². The molecule has 0 amide bonds. The Labute approximate surface area is 67.7 Å². The lowest BCUT2D eigenvalue weighted by Crippen LogP contribution is -2.41. The van der Waals surface area contributed by atoms with E-state index in [2.05, 4.69) is 5.32 Å². The molecule has 1 aliphatic heterocycles. The lowest BCUT2D eigenvalue weighted by Gasteiger charge is -2.25. The Morgan fingerprint density at radius 3 is 2.73 bits per heavy atom. The highest BCUT2D eigenvalue weighted by Gasteiger charge is 2.14. The molecule has 0 aliphatic carbocycles. The molecule has 1 atom stereocenters. The van der Waals surface area contributed by atoms with Crippen molar-refractivity contribution >= 4 is 0 Å². The molecular weight excluding hydrogens is 142 g/mol. The lowest BCUT2D eigenvalue weighted by atomic mass is 10.1. The number of aliphatic hydroxyl groups excluding tert-OH is 1. The van der Waals surface area contributed by atoms with Gasteiger partial charge in [0, 0.05) is 25.3 Å². The molecule has 3 nitrogen and oxygen atoms in total. The third kappa shape index (κ3) is 3.18. The molecule has 0 aromatic carbocycles. The Kier molecular flexibility index (Phi) is 3.83. The van der Waals surface area contributed by atoms with E-state index < -0.39 is 0 Å². The van der Waals surface area contributed by atoms with Gasteiger partial charge in [0.2, 0.25) is 0 Å². The van der Waals surface area contributed by atoms with E-state index in [1.54, 1.807) is 0 Å². The van der Waals surface area contributed by atoms with Crippen molar-refractivity contribution in [1.82, 2.24) is 5.32 Å². The fourth-order valence-corrected chi connectivity index (χ4v) is 1.32. The van der Waals surface area contributed by atoms with Crippen LogP contribution in [0.15, 0.2) is 0 Å². The molecule has 3 heteroatoms.